The summed E-state index contributed by atoms with van der Waals surface area (Å²) in [5, 5.41) is 3.13. The molecular formula is C22H24N2O3. The highest BCUT2D eigenvalue weighted by atomic mass is 16.6. The van der Waals surface area contributed by atoms with Crippen LogP contribution in [0.4, 0.5) is 11.4 Å². The summed E-state index contributed by atoms with van der Waals surface area (Å²) in [6.45, 7) is 5.47. The van der Waals surface area contributed by atoms with E-state index in [-0.39, 0.29) is 11.8 Å². The van der Waals surface area contributed by atoms with Crippen molar-refractivity contribution in [3.8, 4) is 11.5 Å². The van der Waals surface area contributed by atoms with Gasteiger partial charge in [0.1, 0.15) is 13.2 Å². The van der Waals surface area contributed by atoms with Crippen molar-refractivity contribution in [2.75, 3.05) is 36.5 Å². The lowest BCUT2D eigenvalue weighted by Gasteiger charge is -2.31. The van der Waals surface area contributed by atoms with E-state index < -0.39 is 0 Å². The van der Waals surface area contributed by atoms with Crippen molar-refractivity contribution in [3.63, 3.8) is 0 Å². The average Bonchev–Trinajstić information content (AvgIpc) is 3.22. The van der Waals surface area contributed by atoms with E-state index in [0.29, 0.717) is 19.6 Å². The number of amides is 1. The Morgan fingerprint density at radius 2 is 1.81 bits per heavy atom. The molecule has 1 N–H and O–H groups in total. The second-order valence-corrected chi connectivity index (χ2v) is 7.58. The Kier molecular flexibility index (Phi) is 3.96. The first-order chi connectivity index (χ1) is 13.2. The SMILES string of the molecule is Cc1c(N2CCCC2)ccc2c1NC(=O)CC2c1ccc2c(c1)OCCO2. The van der Waals surface area contributed by atoms with Gasteiger partial charge in [-0.2, -0.15) is 0 Å². The van der Waals surface area contributed by atoms with Crippen LogP contribution in [0.25, 0.3) is 0 Å². The third-order valence-electron chi connectivity index (χ3n) is 5.91. The van der Waals surface area contributed by atoms with Crippen LogP contribution in [0.5, 0.6) is 11.5 Å². The number of nitrogens with one attached hydrogen (secondary N) is 1. The van der Waals surface area contributed by atoms with Crippen molar-refractivity contribution in [1.29, 1.82) is 0 Å². The third kappa shape index (κ3) is 2.82. The first kappa shape index (κ1) is 16.5. The summed E-state index contributed by atoms with van der Waals surface area (Å²) in [5.74, 6) is 1.67. The first-order valence-corrected chi connectivity index (χ1v) is 9.78. The number of anilines is 2. The molecule has 0 saturated carbocycles. The molecule has 140 valence electrons. The molecule has 27 heavy (non-hydrogen) atoms. The lowest BCUT2D eigenvalue weighted by atomic mass is 9.83. The molecular weight excluding hydrogens is 340 g/mol. The molecule has 3 aliphatic heterocycles. The van der Waals surface area contributed by atoms with Gasteiger partial charge in [0.15, 0.2) is 11.5 Å². The van der Waals surface area contributed by atoms with E-state index in [1.54, 1.807) is 0 Å². The van der Waals surface area contributed by atoms with E-state index in [1.807, 2.05) is 12.1 Å². The summed E-state index contributed by atoms with van der Waals surface area (Å²) in [4.78, 5) is 14.9. The number of nitrogens with zero attached hydrogens (tertiary/aromatic N) is 1. The van der Waals surface area contributed by atoms with Crippen molar-refractivity contribution < 1.29 is 14.3 Å². The Balaban J connectivity index is 1.56. The first-order valence-electron chi connectivity index (χ1n) is 9.78. The molecule has 5 rings (SSSR count). The summed E-state index contributed by atoms with van der Waals surface area (Å²) < 4.78 is 11.4. The lowest BCUT2D eigenvalue weighted by molar-refractivity contribution is -0.116. The molecule has 3 aliphatic rings. The lowest BCUT2D eigenvalue weighted by Crippen LogP contribution is -2.26. The van der Waals surface area contributed by atoms with Crippen molar-refractivity contribution >= 4 is 17.3 Å². The van der Waals surface area contributed by atoms with Crippen LogP contribution < -0.4 is 19.7 Å². The van der Waals surface area contributed by atoms with Crippen LogP contribution >= 0.6 is 0 Å². The molecule has 2 aromatic rings. The highest BCUT2D eigenvalue weighted by Crippen LogP contribution is 2.44. The molecule has 0 aromatic heterocycles. The monoisotopic (exact) mass is 364 g/mol. The van der Waals surface area contributed by atoms with Crippen LogP contribution in [0.1, 0.15) is 41.9 Å². The van der Waals surface area contributed by atoms with Crippen LogP contribution in [0.15, 0.2) is 30.3 Å². The maximum Gasteiger partial charge on any atom is 0.225 e. The highest BCUT2D eigenvalue weighted by molar-refractivity contribution is 5.97. The quantitative estimate of drug-likeness (QED) is 0.880. The Bertz CT molecular complexity index is 903. The Morgan fingerprint density at radius 3 is 2.63 bits per heavy atom. The average molecular weight is 364 g/mol. The van der Waals surface area contributed by atoms with Gasteiger partial charge in [0.25, 0.3) is 0 Å². The fourth-order valence-electron chi connectivity index (χ4n) is 4.54. The zero-order valence-electron chi connectivity index (χ0n) is 15.6. The number of rotatable bonds is 2. The largest absolute Gasteiger partial charge is 0.486 e. The van der Waals surface area contributed by atoms with E-state index in [0.717, 1.165) is 35.8 Å². The second kappa shape index (κ2) is 6.48. The number of fused-ring (bicyclic) bond motifs is 2. The van der Waals surface area contributed by atoms with Gasteiger partial charge in [0.05, 0.1) is 0 Å². The van der Waals surface area contributed by atoms with E-state index in [2.05, 4.69) is 35.3 Å². The van der Waals surface area contributed by atoms with Gasteiger partial charge < -0.3 is 19.7 Å². The van der Waals surface area contributed by atoms with Crippen LogP contribution in [0.2, 0.25) is 0 Å². The van der Waals surface area contributed by atoms with Crippen molar-refractivity contribution in [3.05, 3.63) is 47.0 Å². The van der Waals surface area contributed by atoms with E-state index in [4.69, 9.17) is 9.47 Å². The summed E-state index contributed by atoms with van der Waals surface area (Å²) in [7, 11) is 0. The minimum Gasteiger partial charge on any atom is -0.486 e. The predicted molar refractivity (Wildman–Crippen MR) is 105 cm³/mol. The molecule has 5 nitrogen and oxygen atoms in total. The van der Waals surface area contributed by atoms with Gasteiger partial charge in [0.2, 0.25) is 5.91 Å². The molecule has 1 amide bonds. The molecule has 2 aromatic carbocycles. The fourth-order valence-corrected chi connectivity index (χ4v) is 4.54. The number of carbonyl (C=O) groups is 1. The summed E-state index contributed by atoms with van der Waals surface area (Å²) in [6, 6.07) is 10.5. The fraction of sp³-hybridized carbons (Fsp3) is 0.409. The van der Waals surface area contributed by atoms with Crippen LogP contribution in [-0.4, -0.2) is 32.2 Å². The molecule has 1 atom stereocenters. The molecule has 1 saturated heterocycles. The van der Waals surface area contributed by atoms with E-state index in [9.17, 15) is 4.79 Å². The highest BCUT2D eigenvalue weighted by Gasteiger charge is 2.30. The summed E-state index contributed by atoms with van der Waals surface area (Å²) in [6.07, 6.45) is 2.93. The molecule has 0 spiro atoms. The van der Waals surface area contributed by atoms with Crippen molar-refractivity contribution in [2.45, 2.75) is 32.1 Å². The molecule has 1 unspecified atom stereocenters. The summed E-state index contributed by atoms with van der Waals surface area (Å²) >= 11 is 0. The molecule has 0 radical (unpaired) electrons. The van der Waals surface area contributed by atoms with Crippen LogP contribution in [0.3, 0.4) is 0 Å². The normalized spacial score (nSPS) is 21.0. The van der Waals surface area contributed by atoms with Crippen molar-refractivity contribution in [2.24, 2.45) is 0 Å². The van der Waals surface area contributed by atoms with Gasteiger partial charge in [-0.05, 0) is 54.7 Å². The second-order valence-electron chi connectivity index (χ2n) is 7.58. The van der Waals surface area contributed by atoms with Crippen LogP contribution in [0, 0.1) is 6.92 Å². The number of carbonyl (C=O) groups excluding carboxylic acids is 1. The number of benzene rings is 2. The Morgan fingerprint density at radius 1 is 1.04 bits per heavy atom. The Labute approximate surface area is 159 Å². The maximum atomic E-state index is 12.5. The minimum absolute atomic E-state index is 0.0379. The standard InChI is InChI=1S/C22H24N2O3/c1-14-18(24-8-2-3-9-24)6-5-16-17(13-21(25)23-22(14)16)15-4-7-19-20(12-15)27-11-10-26-19/h4-7,12,17H,2-3,8-11,13H2,1H3,(H,23,25). The minimum atomic E-state index is 0.0379. The molecule has 1 fully saturated rings. The third-order valence-corrected chi connectivity index (χ3v) is 5.91. The van der Waals surface area contributed by atoms with E-state index >= 15 is 0 Å². The Hall–Kier alpha value is -2.69. The van der Waals surface area contributed by atoms with Gasteiger partial charge in [-0.25, -0.2) is 0 Å². The molecule has 0 aliphatic carbocycles. The zero-order chi connectivity index (χ0) is 18.4. The van der Waals surface area contributed by atoms with Gasteiger partial charge in [-0.1, -0.05) is 12.1 Å². The molecule has 0 bridgehead atoms. The maximum absolute atomic E-state index is 12.5. The predicted octanol–water partition coefficient (Wildman–Crippen LogP) is 3.84. The van der Waals surface area contributed by atoms with Crippen LogP contribution in [-0.2, 0) is 4.79 Å². The van der Waals surface area contributed by atoms with E-state index in [1.165, 1.54) is 29.7 Å². The topological polar surface area (TPSA) is 50.8 Å². The van der Waals surface area contributed by atoms with Gasteiger partial charge in [-0.15, -0.1) is 0 Å². The number of hydrogen-bond acceptors (Lipinski definition) is 4. The van der Waals surface area contributed by atoms with Gasteiger partial charge in [-0.3, -0.25) is 4.79 Å². The number of hydrogen-bond donors (Lipinski definition) is 1. The smallest absolute Gasteiger partial charge is 0.225 e. The zero-order valence-corrected chi connectivity index (χ0v) is 15.6. The number of ether oxygens (including phenoxy) is 2. The molecule has 3 heterocycles. The molecule has 5 heteroatoms. The van der Waals surface area contributed by atoms with Crippen molar-refractivity contribution in [1.82, 2.24) is 0 Å². The van der Waals surface area contributed by atoms with Gasteiger partial charge in [0, 0.05) is 36.8 Å². The van der Waals surface area contributed by atoms with Gasteiger partial charge >= 0.3 is 0 Å². The summed E-state index contributed by atoms with van der Waals surface area (Å²) in [5.41, 5.74) is 5.69.